The van der Waals surface area contributed by atoms with Gasteiger partial charge < -0.3 is 35.3 Å². The lowest BCUT2D eigenvalue weighted by molar-refractivity contribution is -0.131. The second-order valence-electron chi connectivity index (χ2n) is 8.65. The number of hydrogen-bond acceptors (Lipinski definition) is 9. The molecule has 204 valence electrons. The van der Waals surface area contributed by atoms with Gasteiger partial charge in [-0.05, 0) is 31.7 Å². The molecule has 2 unspecified atom stereocenters. The SMILES string of the molecule is COCCOCCCCC(=O)CNC(=O)C(C)CC(=O)C(NC(=O)OCCOCCCN)C(C)C. The summed E-state index contributed by atoms with van der Waals surface area (Å²) in [6, 6.07) is -0.788. The molecule has 35 heavy (non-hydrogen) atoms. The number of carbonyl (C=O) groups is 4. The molecule has 11 heteroatoms. The number of Topliss-reactive ketones (excluding diaryl/α,β-unsaturated/α-hetero) is 2. The lowest BCUT2D eigenvalue weighted by atomic mass is 9.93. The topological polar surface area (TPSA) is 155 Å². The summed E-state index contributed by atoms with van der Waals surface area (Å²) < 4.78 is 20.5. The zero-order chi connectivity index (χ0) is 26.5. The molecule has 0 saturated carbocycles. The second kappa shape index (κ2) is 21.2. The van der Waals surface area contributed by atoms with Gasteiger partial charge in [0.25, 0.3) is 0 Å². The van der Waals surface area contributed by atoms with E-state index in [1.165, 1.54) is 0 Å². The van der Waals surface area contributed by atoms with Crippen LogP contribution in [0.2, 0.25) is 0 Å². The third kappa shape index (κ3) is 17.9. The Morgan fingerprint density at radius 1 is 0.857 bits per heavy atom. The first kappa shape index (κ1) is 32.9. The van der Waals surface area contributed by atoms with E-state index in [4.69, 9.17) is 24.7 Å². The van der Waals surface area contributed by atoms with E-state index in [0.717, 1.165) is 12.8 Å². The normalized spacial score (nSPS) is 12.7. The van der Waals surface area contributed by atoms with Crippen molar-refractivity contribution in [2.24, 2.45) is 17.6 Å². The van der Waals surface area contributed by atoms with Gasteiger partial charge in [0, 0.05) is 39.1 Å². The van der Waals surface area contributed by atoms with Crippen LogP contribution in [0.1, 0.15) is 52.9 Å². The molecule has 0 saturated heterocycles. The predicted molar refractivity (Wildman–Crippen MR) is 131 cm³/mol. The van der Waals surface area contributed by atoms with Crippen LogP contribution in [0.3, 0.4) is 0 Å². The van der Waals surface area contributed by atoms with Crippen LogP contribution in [0.4, 0.5) is 4.79 Å². The highest BCUT2D eigenvalue weighted by Crippen LogP contribution is 2.11. The van der Waals surface area contributed by atoms with Gasteiger partial charge in [0.1, 0.15) is 6.61 Å². The Morgan fingerprint density at radius 2 is 1.51 bits per heavy atom. The number of carbonyl (C=O) groups excluding carboxylic acids is 4. The first-order valence-corrected chi connectivity index (χ1v) is 12.3. The van der Waals surface area contributed by atoms with Crippen LogP contribution in [0.25, 0.3) is 0 Å². The van der Waals surface area contributed by atoms with Gasteiger partial charge in [0.15, 0.2) is 11.6 Å². The van der Waals surface area contributed by atoms with Crippen molar-refractivity contribution in [3.63, 3.8) is 0 Å². The average molecular weight is 504 g/mol. The summed E-state index contributed by atoms with van der Waals surface area (Å²) in [5.41, 5.74) is 5.37. The van der Waals surface area contributed by atoms with Crippen molar-refractivity contribution in [1.82, 2.24) is 10.6 Å². The zero-order valence-electron chi connectivity index (χ0n) is 21.8. The fourth-order valence-corrected chi connectivity index (χ4v) is 3.01. The summed E-state index contributed by atoms with van der Waals surface area (Å²) in [7, 11) is 1.61. The van der Waals surface area contributed by atoms with Gasteiger partial charge >= 0.3 is 6.09 Å². The maximum atomic E-state index is 12.7. The van der Waals surface area contributed by atoms with Crippen LogP contribution in [0.15, 0.2) is 0 Å². The second-order valence-corrected chi connectivity index (χ2v) is 8.65. The highest BCUT2D eigenvalue weighted by molar-refractivity contribution is 5.92. The number of rotatable bonds is 22. The van der Waals surface area contributed by atoms with Gasteiger partial charge in [0.2, 0.25) is 5.91 Å². The molecular weight excluding hydrogens is 458 g/mol. The van der Waals surface area contributed by atoms with Crippen molar-refractivity contribution in [3.05, 3.63) is 0 Å². The standard InChI is InChI=1S/C24H45N3O8/c1-18(2)22(27-24(31)35-15-14-34-11-7-9-25)21(29)16-19(3)23(30)26-17-20(28)8-5-6-10-33-13-12-32-4/h18-19,22H,5-17,25H2,1-4H3,(H,26,30)(H,27,31). The van der Waals surface area contributed by atoms with Gasteiger partial charge in [-0.15, -0.1) is 0 Å². The van der Waals surface area contributed by atoms with Crippen molar-refractivity contribution < 1.29 is 38.1 Å². The van der Waals surface area contributed by atoms with E-state index >= 15 is 0 Å². The Hall–Kier alpha value is -2.08. The maximum Gasteiger partial charge on any atom is 0.407 e. The molecule has 0 aromatic carbocycles. The molecule has 0 bridgehead atoms. The van der Waals surface area contributed by atoms with Crippen molar-refractivity contribution in [2.75, 3.05) is 59.8 Å². The molecule has 0 heterocycles. The molecule has 2 amide bonds. The van der Waals surface area contributed by atoms with E-state index in [9.17, 15) is 19.2 Å². The fraction of sp³-hybridized carbons (Fsp3) is 0.833. The molecule has 0 aliphatic rings. The van der Waals surface area contributed by atoms with Gasteiger partial charge in [-0.2, -0.15) is 0 Å². The van der Waals surface area contributed by atoms with E-state index < -0.39 is 18.1 Å². The van der Waals surface area contributed by atoms with E-state index in [-0.39, 0.29) is 49.6 Å². The molecule has 2 atom stereocenters. The minimum absolute atomic E-state index is 0.0586. The summed E-state index contributed by atoms with van der Waals surface area (Å²) >= 11 is 0. The van der Waals surface area contributed by atoms with Gasteiger partial charge in [-0.25, -0.2) is 4.79 Å². The molecule has 11 nitrogen and oxygen atoms in total. The minimum atomic E-state index is -0.788. The fourth-order valence-electron chi connectivity index (χ4n) is 3.01. The average Bonchev–Trinajstić information content (AvgIpc) is 2.82. The first-order valence-electron chi connectivity index (χ1n) is 12.3. The Bertz CT molecular complexity index is 616. The van der Waals surface area contributed by atoms with Crippen molar-refractivity contribution in [2.45, 2.75) is 58.9 Å². The van der Waals surface area contributed by atoms with Crippen LogP contribution in [-0.2, 0) is 33.3 Å². The molecule has 0 radical (unpaired) electrons. The Labute approximate surface area is 209 Å². The highest BCUT2D eigenvalue weighted by atomic mass is 16.6. The number of ketones is 2. The minimum Gasteiger partial charge on any atom is -0.447 e. The van der Waals surface area contributed by atoms with Gasteiger partial charge in [0.05, 0.1) is 32.4 Å². The lowest BCUT2D eigenvalue weighted by Gasteiger charge is -2.22. The van der Waals surface area contributed by atoms with Gasteiger partial charge in [-0.3, -0.25) is 14.4 Å². The predicted octanol–water partition coefficient (Wildman–Crippen LogP) is 1.22. The number of nitrogens with two attached hydrogens (primary N) is 1. The van der Waals surface area contributed by atoms with Gasteiger partial charge in [-0.1, -0.05) is 20.8 Å². The molecule has 0 fully saturated rings. The Morgan fingerprint density at radius 3 is 2.14 bits per heavy atom. The number of ether oxygens (including phenoxy) is 4. The maximum absolute atomic E-state index is 12.7. The Balaban J connectivity index is 4.26. The molecule has 0 aromatic rings. The van der Waals surface area contributed by atoms with Crippen LogP contribution in [0, 0.1) is 11.8 Å². The monoisotopic (exact) mass is 503 g/mol. The van der Waals surface area contributed by atoms with Crippen LogP contribution in [-0.4, -0.2) is 89.4 Å². The molecule has 0 aromatic heterocycles. The van der Waals surface area contributed by atoms with E-state index in [1.54, 1.807) is 27.9 Å². The third-order valence-electron chi connectivity index (χ3n) is 5.08. The smallest absolute Gasteiger partial charge is 0.407 e. The van der Waals surface area contributed by atoms with Crippen molar-refractivity contribution in [1.29, 1.82) is 0 Å². The van der Waals surface area contributed by atoms with E-state index in [1.807, 2.05) is 0 Å². The summed E-state index contributed by atoms with van der Waals surface area (Å²) in [4.78, 5) is 49.1. The van der Waals surface area contributed by atoms with Crippen molar-refractivity contribution in [3.8, 4) is 0 Å². The van der Waals surface area contributed by atoms with Crippen LogP contribution in [0.5, 0.6) is 0 Å². The quantitative estimate of drug-likeness (QED) is 0.185. The molecule has 0 aliphatic heterocycles. The number of nitrogens with one attached hydrogen (secondary N) is 2. The Kier molecular flexibility index (Phi) is 20.0. The number of hydrogen-bond donors (Lipinski definition) is 3. The largest absolute Gasteiger partial charge is 0.447 e. The zero-order valence-corrected chi connectivity index (χ0v) is 21.8. The molecule has 4 N–H and O–H groups in total. The third-order valence-corrected chi connectivity index (χ3v) is 5.08. The molecule has 0 spiro atoms. The highest BCUT2D eigenvalue weighted by Gasteiger charge is 2.28. The lowest BCUT2D eigenvalue weighted by Crippen LogP contribution is -2.46. The summed E-state index contributed by atoms with van der Waals surface area (Å²) in [6.07, 6.45) is 1.72. The van der Waals surface area contributed by atoms with E-state index in [0.29, 0.717) is 45.8 Å². The van der Waals surface area contributed by atoms with Crippen molar-refractivity contribution >= 4 is 23.6 Å². The number of methoxy groups -OCH3 is 1. The van der Waals surface area contributed by atoms with Crippen LogP contribution >= 0.6 is 0 Å². The van der Waals surface area contributed by atoms with Crippen LogP contribution < -0.4 is 16.4 Å². The number of amides is 2. The molecular formula is C24H45N3O8. The summed E-state index contributed by atoms with van der Waals surface area (Å²) in [5, 5.41) is 5.16. The number of unbranched alkanes of at least 4 members (excludes halogenated alkanes) is 1. The first-order chi connectivity index (χ1) is 16.7. The summed E-state index contributed by atoms with van der Waals surface area (Å²) in [5.74, 6) is -1.57. The number of alkyl carbamates (subject to hydrolysis) is 1. The summed E-state index contributed by atoms with van der Waals surface area (Å²) in [6.45, 7) is 8.07. The molecule has 0 rings (SSSR count). The molecule has 0 aliphatic carbocycles. The van der Waals surface area contributed by atoms with E-state index in [2.05, 4.69) is 10.6 Å².